The largest absolute Gasteiger partial charge is 0.467 e. The Morgan fingerprint density at radius 3 is 2.52 bits per heavy atom. The summed E-state index contributed by atoms with van der Waals surface area (Å²) in [6, 6.07) is -0.722. The Balaban J connectivity index is 2.55. The van der Waals surface area contributed by atoms with Crippen LogP contribution in [0, 0.1) is 5.92 Å². The van der Waals surface area contributed by atoms with E-state index in [1.54, 1.807) is 6.20 Å². The highest BCUT2D eigenvalue weighted by molar-refractivity contribution is 8.03. The van der Waals surface area contributed by atoms with Crippen LogP contribution in [-0.2, 0) is 14.3 Å². The molecule has 0 aliphatic carbocycles. The van der Waals surface area contributed by atoms with E-state index in [0.717, 1.165) is 0 Å². The summed E-state index contributed by atoms with van der Waals surface area (Å²) in [4.78, 5) is 24.9. The van der Waals surface area contributed by atoms with E-state index in [1.807, 2.05) is 38.3 Å². The number of nitrogens with zero attached hydrogens (tertiary/aromatic N) is 1. The summed E-state index contributed by atoms with van der Waals surface area (Å²) in [5, 5.41) is 7.58. The minimum absolute atomic E-state index is 0.0894. The van der Waals surface area contributed by atoms with Crippen molar-refractivity contribution in [2.24, 2.45) is 5.92 Å². The summed E-state index contributed by atoms with van der Waals surface area (Å²) in [5.74, 6) is -0.576. The van der Waals surface area contributed by atoms with Crippen LogP contribution in [0.1, 0.15) is 13.8 Å². The van der Waals surface area contributed by atoms with E-state index in [1.165, 1.54) is 18.9 Å². The second-order valence-electron chi connectivity index (χ2n) is 5.21. The normalized spacial score (nSPS) is 22.0. The number of carbonyl (C=O) groups is 2. The molecular formula is C13H23N3O4S. The molecule has 1 aliphatic heterocycles. The first-order chi connectivity index (χ1) is 9.82. The highest BCUT2D eigenvalue weighted by Crippen LogP contribution is 2.30. The zero-order chi connectivity index (χ0) is 16.0. The second-order valence-corrected chi connectivity index (χ2v) is 6.39. The molecule has 0 fully saturated rings. The van der Waals surface area contributed by atoms with E-state index in [2.05, 4.69) is 15.4 Å². The Morgan fingerprint density at radius 1 is 1.43 bits per heavy atom. The van der Waals surface area contributed by atoms with Crippen LogP contribution < -0.4 is 10.6 Å². The molecule has 0 radical (unpaired) electrons. The quantitative estimate of drug-likeness (QED) is 0.706. The molecular weight excluding hydrogens is 294 g/mol. The zero-order valence-electron chi connectivity index (χ0n) is 13.0. The Morgan fingerprint density at radius 2 is 2.10 bits per heavy atom. The van der Waals surface area contributed by atoms with Crippen LogP contribution in [0.5, 0.6) is 0 Å². The maximum Gasteiger partial charge on any atom is 0.408 e. The Hall–Kier alpha value is -1.41. The highest BCUT2D eigenvalue weighted by Gasteiger charge is 2.36. The summed E-state index contributed by atoms with van der Waals surface area (Å²) >= 11 is 1.51. The average Bonchev–Trinajstić information content (AvgIpc) is 2.91. The minimum Gasteiger partial charge on any atom is -0.467 e. The van der Waals surface area contributed by atoms with Gasteiger partial charge in [-0.15, -0.1) is 0 Å². The first-order valence-electron chi connectivity index (χ1n) is 6.61. The van der Waals surface area contributed by atoms with Gasteiger partial charge in [-0.1, -0.05) is 25.6 Å². The fourth-order valence-corrected chi connectivity index (χ4v) is 2.58. The predicted octanol–water partition coefficient (Wildman–Crippen LogP) is 0.933. The molecule has 0 saturated carbocycles. The van der Waals surface area contributed by atoms with Crippen LogP contribution in [0.4, 0.5) is 4.79 Å². The molecule has 0 saturated heterocycles. The lowest BCUT2D eigenvalue weighted by Gasteiger charge is -2.35. The lowest BCUT2D eigenvalue weighted by molar-refractivity contribution is -0.144. The third kappa shape index (κ3) is 4.53. The fraction of sp³-hybridized carbons (Fsp3) is 0.692. The lowest BCUT2D eigenvalue weighted by Crippen LogP contribution is -2.54. The van der Waals surface area contributed by atoms with Gasteiger partial charge < -0.3 is 20.1 Å². The molecule has 0 aromatic carbocycles. The number of nitrogens with one attached hydrogen (secondary N) is 2. The molecule has 2 N–H and O–H groups in total. The van der Waals surface area contributed by atoms with Gasteiger partial charge in [-0.25, -0.2) is 9.59 Å². The van der Waals surface area contributed by atoms with Crippen molar-refractivity contribution < 1.29 is 19.1 Å². The van der Waals surface area contributed by atoms with Crippen LogP contribution >= 0.6 is 11.8 Å². The zero-order valence-corrected chi connectivity index (χ0v) is 13.8. The SMILES string of the molecule is COC(=O)C(NC(=O)OCC1(N(C)C)NC=CS1)C(C)C. The van der Waals surface area contributed by atoms with E-state index in [-0.39, 0.29) is 12.5 Å². The summed E-state index contributed by atoms with van der Waals surface area (Å²) in [5.41, 5.74) is 0. The van der Waals surface area contributed by atoms with E-state index in [0.29, 0.717) is 0 Å². The molecule has 120 valence electrons. The lowest BCUT2D eigenvalue weighted by atomic mass is 10.1. The van der Waals surface area contributed by atoms with Crippen LogP contribution in [0.25, 0.3) is 0 Å². The Kier molecular flexibility index (Phi) is 6.35. The third-order valence-electron chi connectivity index (χ3n) is 3.16. The highest BCUT2D eigenvalue weighted by atomic mass is 32.2. The van der Waals surface area contributed by atoms with Crippen molar-refractivity contribution >= 4 is 23.8 Å². The molecule has 7 nitrogen and oxygen atoms in total. The van der Waals surface area contributed by atoms with Crippen LogP contribution in [0.15, 0.2) is 11.6 Å². The monoisotopic (exact) mass is 317 g/mol. The van der Waals surface area contributed by atoms with Crippen molar-refractivity contribution in [3.63, 3.8) is 0 Å². The van der Waals surface area contributed by atoms with Gasteiger partial charge >= 0.3 is 12.1 Å². The number of likely N-dealkylation sites (N-methyl/N-ethyl adjacent to an activating group) is 1. The Labute approximate surface area is 129 Å². The number of carbonyl (C=O) groups excluding carboxylic acids is 2. The van der Waals surface area contributed by atoms with Gasteiger partial charge in [-0.3, -0.25) is 4.90 Å². The topological polar surface area (TPSA) is 79.9 Å². The minimum atomic E-state index is -0.722. The summed E-state index contributed by atoms with van der Waals surface area (Å²) < 4.78 is 9.91. The van der Waals surface area contributed by atoms with Crippen LogP contribution in [0.3, 0.4) is 0 Å². The molecule has 1 amide bonds. The molecule has 1 heterocycles. The van der Waals surface area contributed by atoms with Crippen molar-refractivity contribution in [2.75, 3.05) is 27.8 Å². The molecule has 0 bridgehead atoms. The number of alkyl carbamates (subject to hydrolysis) is 1. The summed E-state index contributed by atoms with van der Waals surface area (Å²) in [7, 11) is 5.07. The first-order valence-corrected chi connectivity index (χ1v) is 7.49. The van der Waals surface area contributed by atoms with Crippen molar-refractivity contribution in [2.45, 2.75) is 24.9 Å². The number of amides is 1. The molecule has 1 rings (SSSR count). The van der Waals surface area contributed by atoms with Crippen molar-refractivity contribution in [3.05, 3.63) is 11.6 Å². The van der Waals surface area contributed by atoms with Gasteiger partial charge in [0, 0.05) is 6.20 Å². The van der Waals surface area contributed by atoms with Crippen molar-refractivity contribution in [1.29, 1.82) is 0 Å². The van der Waals surface area contributed by atoms with Gasteiger partial charge in [0.1, 0.15) is 12.6 Å². The van der Waals surface area contributed by atoms with Gasteiger partial charge in [0.15, 0.2) is 4.99 Å². The second kappa shape index (κ2) is 7.56. The average molecular weight is 317 g/mol. The number of ether oxygens (including phenoxy) is 2. The number of esters is 1. The van der Waals surface area contributed by atoms with Crippen LogP contribution in [0.2, 0.25) is 0 Å². The van der Waals surface area contributed by atoms with Gasteiger partial charge in [-0.2, -0.15) is 0 Å². The number of hydrogen-bond acceptors (Lipinski definition) is 7. The van der Waals surface area contributed by atoms with Gasteiger partial charge in [0.25, 0.3) is 0 Å². The maximum absolute atomic E-state index is 11.9. The Bertz CT molecular complexity index is 404. The van der Waals surface area contributed by atoms with Crippen molar-refractivity contribution in [3.8, 4) is 0 Å². The number of methoxy groups -OCH3 is 1. The molecule has 1 aliphatic rings. The summed E-state index contributed by atoms with van der Waals surface area (Å²) in [6.45, 7) is 3.78. The van der Waals surface area contributed by atoms with E-state index in [4.69, 9.17) is 4.74 Å². The van der Waals surface area contributed by atoms with E-state index >= 15 is 0 Å². The van der Waals surface area contributed by atoms with Gasteiger partial charge in [0.2, 0.25) is 0 Å². The first kappa shape index (κ1) is 17.6. The number of thioether (sulfide) groups is 1. The van der Waals surface area contributed by atoms with E-state index in [9.17, 15) is 9.59 Å². The molecule has 0 aromatic rings. The fourth-order valence-electron chi connectivity index (χ4n) is 1.74. The molecule has 0 aromatic heterocycles. The maximum atomic E-state index is 11.9. The van der Waals surface area contributed by atoms with Crippen molar-refractivity contribution in [1.82, 2.24) is 15.5 Å². The molecule has 0 spiro atoms. The standard InChI is InChI=1S/C13H23N3O4S/c1-9(2)10(11(17)19-5)15-12(18)20-8-13(16(3)4)14-6-7-21-13/h6-7,9-10,14H,8H2,1-5H3,(H,15,18). The predicted molar refractivity (Wildman–Crippen MR) is 81.4 cm³/mol. The third-order valence-corrected chi connectivity index (χ3v) is 4.42. The molecule has 21 heavy (non-hydrogen) atoms. The molecule has 2 atom stereocenters. The molecule has 8 heteroatoms. The molecule has 2 unspecified atom stereocenters. The van der Waals surface area contributed by atoms with Gasteiger partial charge in [0.05, 0.1) is 7.11 Å². The van der Waals surface area contributed by atoms with Crippen LogP contribution in [-0.4, -0.2) is 55.8 Å². The van der Waals surface area contributed by atoms with E-state index < -0.39 is 23.1 Å². The summed E-state index contributed by atoms with van der Waals surface area (Å²) in [6.07, 6.45) is 1.16. The van der Waals surface area contributed by atoms with Gasteiger partial charge in [-0.05, 0) is 25.4 Å². The number of hydrogen-bond donors (Lipinski definition) is 2. The smallest absolute Gasteiger partial charge is 0.408 e. The number of rotatable bonds is 6.